The molecule has 5 heteroatoms. The molecule has 1 aromatic rings. The second-order valence-electron chi connectivity index (χ2n) is 4.17. The van der Waals surface area contributed by atoms with Gasteiger partial charge >= 0.3 is 0 Å². The van der Waals surface area contributed by atoms with Gasteiger partial charge in [-0.15, -0.1) is 0 Å². The molecule has 1 aromatic carbocycles. The Hall–Kier alpha value is -1.91. The van der Waals surface area contributed by atoms with E-state index >= 15 is 0 Å². The quantitative estimate of drug-likeness (QED) is 0.740. The number of carbonyl (C=O) groups excluding carboxylic acids is 1. The summed E-state index contributed by atoms with van der Waals surface area (Å²) in [5, 5.41) is 3.31. The largest absolute Gasteiger partial charge is 0.454 e. The number of anilines is 2. The molecule has 1 N–H and O–H groups in total. The molecule has 2 heterocycles. The van der Waals surface area contributed by atoms with E-state index < -0.39 is 0 Å². The van der Waals surface area contributed by atoms with Gasteiger partial charge in [-0.3, -0.25) is 4.79 Å². The van der Waals surface area contributed by atoms with Crippen molar-refractivity contribution < 1.29 is 14.3 Å². The van der Waals surface area contributed by atoms with E-state index in [2.05, 4.69) is 5.32 Å². The molecule has 0 aromatic heterocycles. The van der Waals surface area contributed by atoms with Gasteiger partial charge in [0.15, 0.2) is 11.5 Å². The lowest BCUT2D eigenvalue weighted by Crippen LogP contribution is -2.28. The van der Waals surface area contributed by atoms with Crippen LogP contribution in [0.1, 0.15) is 13.3 Å². The molecule has 3 rings (SSSR count). The number of nitrogens with zero attached hydrogens (tertiary/aromatic N) is 1. The van der Waals surface area contributed by atoms with Crippen LogP contribution in [0, 0.1) is 0 Å². The van der Waals surface area contributed by atoms with Crippen LogP contribution < -0.4 is 19.7 Å². The molecule has 0 spiro atoms. The number of amides is 1. The molecule has 2 aliphatic rings. The van der Waals surface area contributed by atoms with E-state index in [1.807, 2.05) is 12.1 Å². The number of fused-ring (bicyclic) bond motifs is 2. The zero-order chi connectivity index (χ0) is 11.8. The van der Waals surface area contributed by atoms with E-state index in [4.69, 9.17) is 9.47 Å². The van der Waals surface area contributed by atoms with Gasteiger partial charge in [-0.25, -0.2) is 0 Å². The maximum absolute atomic E-state index is 11.6. The van der Waals surface area contributed by atoms with Crippen LogP contribution in [0.25, 0.3) is 0 Å². The Kier molecular flexibility index (Phi) is 2.31. The molecule has 0 radical (unpaired) electrons. The van der Waals surface area contributed by atoms with Crippen molar-refractivity contribution in [1.82, 2.24) is 0 Å². The first-order valence-electron chi connectivity index (χ1n) is 5.71. The summed E-state index contributed by atoms with van der Waals surface area (Å²) < 4.78 is 10.7. The highest BCUT2D eigenvalue weighted by Crippen LogP contribution is 2.41. The lowest BCUT2D eigenvalue weighted by atomic mass is 10.2. The second kappa shape index (κ2) is 3.84. The van der Waals surface area contributed by atoms with Gasteiger partial charge in [0, 0.05) is 32.1 Å². The molecule has 0 bridgehead atoms. The average Bonchev–Trinajstić information content (AvgIpc) is 2.64. The van der Waals surface area contributed by atoms with Crippen molar-refractivity contribution >= 4 is 17.3 Å². The number of benzene rings is 1. The standard InChI is InChI=1S/C12H14N2O3/c1-8(15)14-4-2-3-13-9-5-11-12(6-10(9)14)17-7-16-11/h5-6,13H,2-4,7H2,1H3. The summed E-state index contributed by atoms with van der Waals surface area (Å²) in [5.74, 6) is 1.49. The molecule has 0 fully saturated rings. The van der Waals surface area contributed by atoms with Gasteiger partial charge < -0.3 is 19.7 Å². The highest BCUT2D eigenvalue weighted by atomic mass is 16.7. The van der Waals surface area contributed by atoms with E-state index in [9.17, 15) is 4.79 Å². The van der Waals surface area contributed by atoms with Gasteiger partial charge in [-0.2, -0.15) is 0 Å². The zero-order valence-electron chi connectivity index (χ0n) is 9.66. The molecule has 0 unspecified atom stereocenters. The Morgan fingerprint density at radius 2 is 2.12 bits per heavy atom. The zero-order valence-corrected chi connectivity index (χ0v) is 9.66. The Morgan fingerprint density at radius 3 is 2.88 bits per heavy atom. The Balaban J connectivity index is 2.09. The first kappa shape index (κ1) is 10.3. The number of hydrogen-bond acceptors (Lipinski definition) is 4. The summed E-state index contributed by atoms with van der Waals surface area (Å²) in [6.45, 7) is 3.42. The van der Waals surface area contributed by atoms with Gasteiger partial charge in [-0.1, -0.05) is 0 Å². The maximum Gasteiger partial charge on any atom is 0.231 e. The highest BCUT2D eigenvalue weighted by Gasteiger charge is 2.23. The van der Waals surface area contributed by atoms with Crippen LogP contribution in [0.5, 0.6) is 11.5 Å². The highest BCUT2D eigenvalue weighted by molar-refractivity contribution is 5.96. The molecule has 0 aliphatic carbocycles. The van der Waals surface area contributed by atoms with Crippen LogP contribution in [0.2, 0.25) is 0 Å². The normalized spacial score (nSPS) is 17.1. The number of nitrogens with one attached hydrogen (secondary N) is 1. The van der Waals surface area contributed by atoms with E-state index in [0.29, 0.717) is 5.75 Å². The lowest BCUT2D eigenvalue weighted by molar-refractivity contribution is -0.116. The number of hydrogen-bond donors (Lipinski definition) is 1. The van der Waals surface area contributed by atoms with Crippen LogP contribution in [0.3, 0.4) is 0 Å². The predicted octanol–water partition coefficient (Wildman–Crippen LogP) is 1.58. The first-order valence-corrected chi connectivity index (χ1v) is 5.71. The summed E-state index contributed by atoms with van der Waals surface area (Å²) in [4.78, 5) is 13.4. The third kappa shape index (κ3) is 1.67. The van der Waals surface area contributed by atoms with Crippen LogP contribution in [-0.4, -0.2) is 25.8 Å². The summed E-state index contributed by atoms with van der Waals surface area (Å²) in [6, 6.07) is 3.77. The van der Waals surface area contributed by atoms with Crippen LogP contribution in [0.4, 0.5) is 11.4 Å². The minimum atomic E-state index is 0.0498. The van der Waals surface area contributed by atoms with E-state index in [0.717, 1.165) is 36.6 Å². The van der Waals surface area contributed by atoms with Crippen molar-refractivity contribution in [2.45, 2.75) is 13.3 Å². The first-order chi connectivity index (χ1) is 8.25. The number of rotatable bonds is 0. The fraction of sp³-hybridized carbons (Fsp3) is 0.417. The Labute approximate surface area is 99.3 Å². The van der Waals surface area contributed by atoms with Gasteiger partial charge in [-0.05, 0) is 6.42 Å². The Bertz CT molecular complexity index is 473. The molecule has 5 nitrogen and oxygen atoms in total. The van der Waals surface area contributed by atoms with Gasteiger partial charge in [0.25, 0.3) is 0 Å². The van der Waals surface area contributed by atoms with Crippen molar-refractivity contribution in [3.63, 3.8) is 0 Å². The van der Waals surface area contributed by atoms with Gasteiger partial charge in [0.2, 0.25) is 12.7 Å². The van der Waals surface area contributed by atoms with E-state index in [-0.39, 0.29) is 12.7 Å². The molecule has 2 aliphatic heterocycles. The van der Waals surface area contributed by atoms with E-state index in [1.54, 1.807) is 11.8 Å². The van der Waals surface area contributed by atoms with Crippen LogP contribution >= 0.6 is 0 Å². The minimum Gasteiger partial charge on any atom is -0.454 e. The fourth-order valence-corrected chi connectivity index (χ4v) is 2.20. The predicted molar refractivity (Wildman–Crippen MR) is 63.7 cm³/mol. The summed E-state index contributed by atoms with van der Waals surface area (Å²) in [6.07, 6.45) is 0.931. The molecule has 90 valence electrons. The SMILES string of the molecule is CC(=O)N1CCCNc2cc3c(cc21)OCO3. The minimum absolute atomic E-state index is 0.0498. The number of carbonyl (C=O) groups is 1. The van der Waals surface area contributed by atoms with Crippen molar-refractivity contribution in [3.05, 3.63) is 12.1 Å². The van der Waals surface area contributed by atoms with Crippen LogP contribution in [0.15, 0.2) is 12.1 Å². The molecule has 0 saturated heterocycles. The monoisotopic (exact) mass is 234 g/mol. The van der Waals surface area contributed by atoms with Crippen molar-refractivity contribution in [1.29, 1.82) is 0 Å². The van der Waals surface area contributed by atoms with Gasteiger partial charge in [0.1, 0.15) is 0 Å². The Morgan fingerprint density at radius 1 is 1.35 bits per heavy atom. The summed E-state index contributed by atoms with van der Waals surface area (Å²) in [5.41, 5.74) is 1.81. The average molecular weight is 234 g/mol. The molecule has 0 saturated carbocycles. The lowest BCUT2D eigenvalue weighted by Gasteiger charge is -2.20. The third-order valence-electron chi connectivity index (χ3n) is 3.04. The molecule has 0 atom stereocenters. The van der Waals surface area contributed by atoms with Crippen molar-refractivity contribution in [2.24, 2.45) is 0 Å². The third-order valence-corrected chi connectivity index (χ3v) is 3.04. The molecular formula is C12H14N2O3. The van der Waals surface area contributed by atoms with Crippen LogP contribution in [-0.2, 0) is 4.79 Å². The molecule has 1 amide bonds. The fourth-order valence-electron chi connectivity index (χ4n) is 2.20. The van der Waals surface area contributed by atoms with Crippen molar-refractivity contribution in [3.8, 4) is 11.5 Å². The van der Waals surface area contributed by atoms with E-state index in [1.165, 1.54) is 0 Å². The van der Waals surface area contributed by atoms with Crippen molar-refractivity contribution in [2.75, 3.05) is 30.1 Å². The summed E-state index contributed by atoms with van der Waals surface area (Å²) >= 11 is 0. The second-order valence-corrected chi connectivity index (χ2v) is 4.17. The topological polar surface area (TPSA) is 50.8 Å². The smallest absolute Gasteiger partial charge is 0.231 e. The molecule has 17 heavy (non-hydrogen) atoms. The number of ether oxygens (including phenoxy) is 2. The molecular weight excluding hydrogens is 220 g/mol. The maximum atomic E-state index is 11.6. The van der Waals surface area contributed by atoms with Gasteiger partial charge in [0.05, 0.1) is 11.4 Å². The summed E-state index contributed by atoms with van der Waals surface area (Å²) in [7, 11) is 0.